The van der Waals surface area contributed by atoms with E-state index in [-0.39, 0.29) is 5.78 Å². The monoisotopic (exact) mass is 493 g/mol. The van der Waals surface area contributed by atoms with Gasteiger partial charge in [0.25, 0.3) is 0 Å². The van der Waals surface area contributed by atoms with E-state index in [1.807, 2.05) is 66.7 Å². The van der Waals surface area contributed by atoms with E-state index in [0.717, 1.165) is 38.0 Å². The molecule has 0 aliphatic heterocycles. The Morgan fingerprint density at radius 2 is 1.77 bits per heavy atom. The molecule has 4 aromatic rings. The maximum atomic E-state index is 11.8. The molecular formula is C24H20BrN3O2S. The van der Waals surface area contributed by atoms with Gasteiger partial charge in [-0.05, 0) is 49.4 Å². The number of rotatable bonds is 7. The second-order valence-electron chi connectivity index (χ2n) is 6.86. The van der Waals surface area contributed by atoms with E-state index in [0.29, 0.717) is 11.3 Å². The minimum Gasteiger partial charge on any atom is -0.496 e. The van der Waals surface area contributed by atoms with Gasteiger partial charge in [-0.2, -0.15) is 0 Å². The number of hydrogen-bond acceptors (Lipinski definition) is 5. The van der Waals surface area contributed by atoms with Crippen LogP contribution < -0.4 is 4.74 Å². The fourth-order valence-electron chi connectivity index (χ4n) is 3.21. The van der Waals surface area contributed by atoms with Crippen LogP contribution in [0.1, 0.15) is 22.8 Å². The molecule has 1 aromatic heterocycles. The van der Waals surface area contributed by atoms with Crippen LogP contribution in [-0.4, -0.2) is 27.7 Å². The van der Waals surface area contributed by atoms with E-state index >= 15 is 0 Å². The summed E-state index contributed by atoms with van der Waals surface area (Å²) in [5, 5.41) is 9.72. The molecule has 0 aliphatic carbocycles. The zero-order valence-electron chi connectivity index (χ0n) is 17.1. The van der Waals surface area contributed by atoms with Crippen LogP contribution in [0.15, 0.2) is 82.4 Å². The number of halogens is 1. The molecule has 31 heavy (non-hydrogen) atoms. The number of carbonyl (C=O) groups is 1. The van der Waals surface area contributed by atoms with Gasteiger partial charge in [0.15, 0.2) is 16.8 Å². The van der Waals surface area contributed by atoms with Crippen molar-refractivity contribution in [2.24, 2.45) is 0 Å². The minimum absolute atomic E-state index is 0.0267. The Bertz CT molecular complexity index is 1210. The summed E-state index contributed by atoms with van der Waals surface area (Å²) in [6, 6.07) is 23.6. The molecule has 0 bridgehead atoms. The Labute approximate surface area is 193 Å². The summed E-state index contributed by atoms with van der Waals surface area (Å²) in [7, 11) is 1.63. The van der Waals surface area contributed by atoms with Crippen LogP contribution >= 0.6 is 27.7 Å². The molecule has 156 valence electrons. The average molecular weight is 494 g/mol. The van der Waals surface area contributed by atoms with E-state index in [4.69, 9.17) is 4.74 Å². The molecule has 3 aromatic carbocycles. The lowest BCUT2D eigenvalue weighted by Gasteiger charge is -2.12. The van der Waals surface area contributed by atoms with Crippen molar-refractivity contribution >= 4 is 33.5 Å². The first-order chi connectivity index (χ1) is 15.1. The maximum absolute atomic E-state index is 11.8. The van der Waals surface area contributed by atoms with Crippen molar-refractivity contribution in [2.75, 3.05) is 7.11 Å². The van der Waals surface area contributed by atoms with Gasteiger partial charge in [-0.1, -0.05) is 58.0 Å². The highest BCUT2D eigenvalue weighted by atomic mass is 79.9. The number of benzene rings is 3. The molecular weight excluding hydrogens is 474 g/mol. The number of hydrogen-bond donors (Lipinski definition) is 0. The predicted octanol–water partition coefficient (Wildman–Crippen LogP) is 6.20. The third kappa shape index (κ3) is 4.73. The number of ketones is 1. The summed E-state index contributed by atoms with van der Waals surface area (Å²) < 4.78 is 8.56. The predicted molar refractivity (Wildman–Crippen MR) is 127 cm³/mol. The van der Waals surface area contributed by atoms with E-state index in [1.165, 1.54) is 0 Å². The third-order valence-corrected chi connectivity index (χ3v) is 6.30. The first-order valence-corrected chi connectivity index (χ1v) is 11.4. The summed E-state index contributed by atoms with van der Waals surface area (Å²) in [4.78, 5) is 11.8. The third-order valence-electron chi connectivity index (χ3n) is 4.79. The van der Waals surface area contributed by atoms with Gasteiger partial charge in [0.2, 0.25) is 0 Å². The van der Waals surface area contributed by atoms with Gasteiger partial charge >= 0.3 is 0 Å². The molecule has 0 atom stereocenters. The number of thioether (sulfide) groups is 1. The van der Waals surface area contributed by atoms with Crippen LogP contribution in [0.2, 0.25) is 0 Å². The zero-order valence-corrected chi connectivity index (χ0v) is 19.5. The molecule has 0 N–H and O–H groups in total. The highest BCUT2D eigenvalue weighted by Crippen LogP contribution is 2.32. The molecule has 0 fully saturated rings. The number of aromatic nitrogens is 3. The fourth-order valence-corrected chi connectivity index (χ4v) is 4.41. The molecule has 0 saturated carbocycles. The van der Waals surface area contributed by atoms with Crippen molar-refractivity contribution in [3.63, 3.8) is 0 Å². The van der Waals surface area contributed by atoms with E-state index in [9.17, 15) is 4.79 Å². The first kappa shape index (κ1) is 21.3. The number of nitrogens with zero attached hydrogens (tertiary/aromatic N) is 3. The Hall–Kier alpha value is -2.90. The zero-order chi connectivity index (χ0) is 21.8. The summed E-state index contributed by atoms with van der Waals surface area (Å²) in [6.45, 7) is 1.56. The lowest BCUT2D eigenvalue weighted by Crippen LogP contribution is -2.00. The molecule has 7 heteroatoms. The van der Waals surface area contributed by atoms with Crippen LogP contribution in [-0.2, 0) is 5.75 Å². The SMILES string of the molecule is COc1ccc(C(C)=O)cc1CSc1nnc(-c2ccc(Br)cc2)n1-c1ccccc1. The average Bonchev–Trinajstić information content (AvgIpc) is 3.22. The van der Waals surface area contributed by atoms with E-state index < -0.39 is 0 Å². The summed E-state index contributed by atoms with van der Waals surface area (Å²) in [5.41, 5.74) is 3.56. The van der Waals surface area contributed by atoms with Crippen LogP contribution in [0.5, 0.6) is 5.75 Å². The quantitative estimate of drug-likeness (QED) is 0.226. The number of carbonyl (C=O) groups excluding carboxylic acids is 1. The van der Waals surface area contributed by atoms with Gasteiger partial charge < -0.3 is 4.74 Å². The van der Waals surface area contributed by atoms with Crippen molar-refractivity contribution < 1.29 is 9.53 Å². The highest BCUT2D eigenvalue weighted by molar-refractivity contribution is 9.10. The number of Topliss-reactive ketones (excluding diaryl/α,β-unsaturated/α-hetero) is 1. The van der Waals surface area contributed by atoms with Crippen molar-refractivity contribution in [1.82, 2.24) is 14.8 Å². The molecule has 0 radical (unpaired) electrons. The second-order valence-corrected chi connectivity index (χ2v) is 8.71. The molecule has 5 nitrogen and oxygen atoms in total. The van der Waals surface area contributed by atoms with Gasteiger partial charge in [-0.15, -0.1) is 10.2 Å². The number of methoxy groups -OCH3 is 1. The summed E-state index contributed by atoms with van der Waals surface area (Å²) >= 11 is 5.04. The van der Waals surface area contributed by atoms with E-state index in [1.54, 1.807) is 31.9 Å². The standard InChI is InChI=1S/C24H20BrN3O2S/c1-16(29)18-10-13-22(30-2)19(14-18)15-31-24-27-26-23(17-8-11-20(25)12-9-17)28(24)21-6-4-3-5-7-21/h3-14H,15H2,1-2H3. The van der Waals surface area contributed by atoms with Crippen LogP contribution in [0.25, 0.3) is 17.1 Å². The van der Waals surface area contributed by atoms with Crippen molar-refractivity contribution in [3.05, 3.63) is 88.4 Å². The maximum Gasteiger partial charge on any atom is 0.196 e. The molecule has 0 amide bonds. The lowest BCUT2D eigenvalue weighted by molar-refractivity contribution is 0.101. The molecule has 0 aliphatic rings. The van der Waals surface area contributed by atoms with Gasteiger partial charge in [-0.25, -0.2) is 0 Å². The van der Waals surface area contributed by atoms with Crippen LogP contribution in [0.4, 0.5) is 0 Å². The smallest absolute Gasteiger partial charge is 0.196 e. The topological polar surface area (TPSA) is 57.0 Å². The highest BCUT2D eigenvalue weighted by Gasteiger charge is 2.17. The Morgan fingerprint density at radius 3 is 2.45 bits per heavy atom. The summed E-state index contributed by atoms with van der Waals surface area (Å²) in [6.07, 6.45) is 0. The largest absolute Gasteiger partial charge is 0.496 e. The van der Waals surface area contributed by atoms with Gasteiger partial charge in [0.1, 0.15) is 5.75 Å². The molecule has 1 heterocycles. The molecule has 0 unspecified atom stereocenters. The normalized spacial score (nSPS) is 10.8. The van der Waals surface area contributed by atoms with Gasteiger partial charge in [-0.3, -0.25) is 9.36 Å². The Kier molecular flexibility index (Phi) is 6.53. The minimum atomic E-state index is 0.0267. The number of ether oxygens (including phenoxy) is 1. The molecule has 0 saturated heterocycles. The first-order valence-electron chi connectivity index (χ1n) is 9.64. The van der Waals surface area contributed by atoms with E-state index in [2.05, 4.69) is 30.7 Å². The second kappa shape index (κ2) is 9.49. The van der Waals surface area contributed by atoms with Crippen molar-refractivity contribution in [3.8, 4) is 22.8 Å². The van der Waals surface area contributed by atoms with Crippen molar-refractivity contribution in [2.45, 2.75) is 17.8 Å². The van der Waals surface area contributed by atoms with Crippen LogP contribution in [0, 0.1) is 0 Å². The summed E-state index contributed by atoms with van der Waals surface area (Å²) in [5.74, 6) is 2.14. The van der Waals surface area contributed by atoms with Gasteiger partial charge in [0.05, 0.1) is 7.11 Å². The Morgan fingerprint density at radius 1 is 1.03 bits per heavy atom. The molecule has 4 rings (SSSR count). The van der Waals surface area contributed by atoms with Crippen LogP contribution in [0.3, 0.4) is 0 Å². The van der Waals surface area contributed by atoms with Gasteiger partial charge in [0, 0.05) is 32.6 Å². The fraction of sp³-hybridized carbons (Fsp3) is 0.125. The van der Waals surface area contributed by atoms with Crippen molar-refractivity contribution in [1.29, 1.82) is 0 Å². The number of para-hydroxylation sites is 1. The lowest BCUT2D eigenvalue weighted by atomic mass is 10.1. The molecule has 0 spiro atoms. The Balaban J connectivity index is 1.72.